The molecule has 0 aliphatic heterocycles. The Kier molecular flexibility index (Phi) is 5.36. The lowest BCUT2D eigenvalue weighted by molar-refractivity contribution is 0.301. The summed E-state index contributed by atoms with van der Waals surface area (Å²) < 4.78 is 6.92. The van der Waals surface area contributed by atoms with Crippen LogP contribution in [0, 0.1) is 0 Å². The van der Waals surface area contributed by atoms with Crippen LogP contribution in [0.4, 0.5) is 0 Å². The predicted octanol–water partition coefficient (Wildman–Crippen LogP) is 3.53. The van der Waals surface area contributed by atoms with Gasteiger partial charge in [-0.1, -0.05) is 35.0 Å². The maximum absolute atomic E-state index is 5.84. The quantitative estimate of drug-likeness (QED) is 0.884. The number of halogens is 1. The molecule has 0 aliphatic carbocycles. The average Bonchev–Trinajstić information content (AvgIpc) is 2.45. The van der Waals surface area contributed by atoms with Crippen molar-refractivity contribution in [3.8, 4) is 5.75 Å². The Bertz CT molecular complexity index is 514. The Morgan fingerprint density at radius 3 is 2.74 bits per heavy atom. The minimum atomic E-state index is 0.554. The van der Waals surface area contributed by atoms with E-state index in [1.54, 1.807) is 12.4 Å². The Hall–Kier alpha value is -1.39. The van der Waals surface area contributed by atoms with E-state index < -0.39 is 0 Å². The first-order valence-corrected chi connectivity index (χ1v) is 7.09. The Balaban J connectivity index is 2.00. The van der Waals surface area contributed by atoms with Crippen molar-refractivity contribution in [2.24, 2.45) is 0 Å². The van der Waals surface area contributed by atoms with E-state index in [0.717, 1.165) is 34.4 Å². The van der Waals surface area contributed by atoms with Gasteiger partial charge in [-0.15, -0.1) is 0 Å². The van der Waals surface area contributed by atoms with Gasteiger partial charge in [-0.2, -0.15) is 0 Å². The molecule has 0 fully saturated rings. The van der Waals surface area contributed by atoms with Crippen LogP contribution in [0.1, 0.15) is 18.1 Å². The lowest BCUT2D eigenvalue weighted by Gasteiger charge is -2.11. The van der Waals surface area contributed by atoms with E-state index in [2.05, 4.69) is 33.2 Å². The molecule has 1 aromatic heterocycles. The number of pyridine rings is 1. The summed E-state index contributed by atoms with van der Waals surface area (Å²) in [6.07, 6.45) is 3.56. The van der Waals surface area contributed by atoms with Crippen LogP contribution in [0.25, 0.3) is 0 Å². The van der Waals surface area contributed by atoms with E-state index in [-0.39, 0.29) is 0 Å². The molecule has 0 unspecified atom stereocenters. The van der Waals surface area contributed by atoms with Gasteiger partial charge in [0.05, 0.1) is 6.20 Å². The summed E-state index contributed by atoms with van der Waals surface area (Å²) >= 11 is 3.42. The van der Waals surface area contributed by atoms with Crippen molar-refractivity contribution < 1.29 is 4.74 Å². The maximum atomic E-state index is 5.84. The van der Waals surface area contributed by atoms with Gasteiger partial charge < -0.3 is 10.1 Å². The van der Waals surface area contributed by atoms with E-state index >= 15 is 0 Å². The number of hydrogen-bond donors (Lipinski definition) is 1. The van der Waals surface area contributed by atoms with Crippen LogP contribution in [-0.2, 0) is 13.2 Å². The summed E-state index contributed by atoms with van der Waals surface area (Å²) in [7, 11) is 0. The molecule has 1 aromatic carbocycles. The second-order valence-electron chi connectivity index (χ2n) is 4.18. The topological polar surface area (TPSA) is 34.2 Å². The number of aromatic nitrogens is 1. The Morgan fingerprint density at radius 2 is 2.00 bits per heavy atom. The molecule has 2 rings (SSSR count). The summed E-state index contributed by atoms with van der Waals surface area (Å²) in [5, 5.41) is 3.30. The average molecular weight is 321 g/mol. The highest BCUT2D eigenvalue weighted by Crippen LogP contribution is 2.18. The molecular weight excluding hydrogens is 304 g/mol. The van der Waals surface area contributed by atoms with Crippen molar-refractivity contribution in [2.75, 3.05) is 6.54 Å². The third-order valence-corrected chi connectivity index (χ3v) is 3.27. The van der Waals surface area contributed by atoms with Gasteiger partial charge in [0.15, 0.2) is 0 Å². The fourth-order valence-corrected chi connectivity index (χ4v) is 1.95. The highest BCUT2D eigenvalue weighted by Gasteiger charge is 2.03. The van der Waals surface area contributed by atoms with Gasteiger partial charge in [0.2, 0.25) is 0 Å². The molecule has 0 saturated carbocycles. The monoisotopic (exact) mass is 320 g/mol. The van der Waals surface area contributed by atoms with E-state index in [1.165, 1.54) is 0 Å². The molecule has 0 aliphatic rings. The van der Waals surface area contributed by atoms with Gasteiger partial charge in [0.25, 0.3) is 0 Å². The van der Waals surface area contributed by atoms with Gasteiger partial charge in [0.1, 0.15) is 12.4 Å². The molecule has 19 heavy (non-hydrogen) atoms. The molecule has 0 spiro atoms. The van der Waals surface area contributed by atoms with Crippen molar-refractivity contribution in [1.82, 2.24) is 10.3 Å². The standard InChI is InChI=1S/C15H17BrN2O/c1-2-17-9-13-7-8-18-10-15(13)19-11-12-3-5-14(16)6-4-12/h3-8,10,17H,2,9,11H2,1H3. The molecule has 0 amide bonds. The van der Waals surface area contributed by atoms with E-state index in [1.807, 2.05) is 30.3 Å². The fourth-order valence-electron chi connectivity index (χ4n) is 1.69. The Labute approximate surface area is 122 Å². The SMILES string of the molecule is CCNCc1ccncc1OCc1ccc(Br)cc1. The van der Waals surface area contributed by atoms with E-state index in [9.17, 15) is 0 Å². The highest BCUT2D eigenvalue weighted by atomic mass is 79.9. The van der Waals surface area contributed by atoms with Gasteiger partial charge in [-0.25, -0.2) is 0 Å². The first-order chi connectivity index (χ1) is 9.29. The molecule has 4 heteroatoms. The number of benzene rings is 1. The third kappa shape index (κ3) is 4.33. The van der Waals surface area contributed by atoms with Crippen LogP contribution in [0.15, 0.2) is 47.2 Å². The first kappa shape index (κ1) is 14.0. The zero-order chi connectivity index (χ0) is 13.5. The summed E-state index contributed by atoms with van der Waals surface area (Å²) in [5.74, 6) is 0.839. The molecule has 100 valence electrons. The van der Waals surface area contributed by atoms with Gasteiger partial charge >= 0.3 is 0 Å². The minimum Gasteiger partial charge on any atom is -0.487 e. The molecule has 3 nitrogen and oxygen atoms in total. The third-order valence-electron chi connectivity index (χ3n) is 2.74. The molecule has 0 atom stereocenters. The number of hydrogen-bond acceptors (Lipinski definition) is 3. The van der Waals surface area contributed by atoms with Crippen molar-refractivity contribution in [3.63, 3.8) is 0 Å². The number of rotatable bonds is 6. The summed E-state index contributed by atoms with van der Waals surface area (Å²) in [5.41, 5.74) is 2.27. The van der Waals surface area contributed by atoms with Crippen LogP contribution < -0.4 is 10.1 Å². The minimum absolute atomic E-state index is 0.554. The molecule has 1 N–H and O–H groups in total. The Morgan fingerprint density at radius 1 is 1.21 bits per heavy atom. The molecule has 0 saturated heterocycles. The summed E-state index contributed by atoms with van der Waals surface area (Å²) in [6, 6.07) is 10.1. The lowest BCUT2D eigenvalue weighted by Crippen LogP contribution is -2.13. The second-order valence-corrected chi connectivity index (χ2v) is 5.09. The van der Waals surface area contributed by atoms with Crippen molar-refractivity contribution >= 4 is 15.9 Å². The van der Waals surface area contributed by atoms with Crippen molar-refractivity contribution in [2.45, 2.75) is 20.1 Å². The van der Waals surface area contributed by atoms with Gasteiger partial charge in [-0.3, -0.25) is 4.98 Å². The van der Waals surface area contributed by atoms with E-state index in [0.29, 0.717) is 6.61 Å². The van der Waals surface area contributed by atoms with Crippen molar-refractivity contribution in [3.05, 3.63) is 58.3 Å². The maximum Gasteiger partial charge on any atom is 0.142 e. The number of ether oxygens (including phenoxy) is 1. The van der Waals surface area contributed by atoms with Crippen LogP contribution in [0.5, 0.6) is 5.75 Å². The molecule has 1 heterocycles. The fraction of sp³-hybridized carbons (Fsp3) is 0.267. The van der Waals surface area contributed by atoms with Gasteiger partial charge in [0, 0.05) is 22.8 Å². The predicted molar refractivity (Wildman–Crippen MR) is 80.1 cm³/mol. The molecule has 0 radical (unpaired) electrons. The zero-order valence-electron chi connectivity index (χ0n) is 10.9. The summed E-state index contributed by atoms with van der Waals surface area (Å²) in [6.45, 7) is 4.38. The highest BCUT2D eigenvalue weighted by molar-refractivity contribution is 9.10. The van der Waals surface area contributed by atoms with E-state index in [4.69, 9.17) is 4.74 Å². The summed E-state index contributed by atoms with van der Waals surface area (Å²) in [4.78, 5) is 4.12. The van der Waals surface area contributed by atoms with Crippen LogP contribution in [0.2, 0.25) is 0 Å². The van der Waals surface area contributed by atoms with Crippen molar-refractivity contribution in [1.29, 1.82) is 0 Å². The second kappa shape index (κ2) is 7.26. The number of nitrogens with zero attached hydrogens (tertiary/aromatic N) is 1. The van der Waals surface area contributed by atoms with Crippen LogP contribution in [0.3, 0.4) is 0 Å². The van der Waals surface area contributed by atoms with Crippen LogP contribution in [-0.4, -0.2) is 11.5 Å². The lowest BCUT2D eigenvalue weighted by atomic mass is 10.2. The molecule has 2 aromatic rings. The van der Waals surface area contributed by atoms with Crippen LogP contribution >= 0.6 is 15.9 Å². The number of nitrogens with one attached hydrogen (secondary N) is 1. The normalized spacial score (nSPS) is 10.4. The molecule has 0 bridgehead atoms. The smallest absolute Gasteiger partial charge is 0.142 e. The first-order valence-electron chi connectivity index (χ1n) is 6.30. The van der Waals surface area contributed by atoms with Gasteiger partial charge in [-0.05, 0) is 30.3 Å². The molecular formula is C15H17BrN2O. The largest absolute Gasteiger partial charge is 0.487 e. The zero-order valence-corrected chi connectivity index (χ0v) is 12.5.